The molecule has 5 rings (SSSR count). The number of fused-ring (bicyclic) bond motifs is 7. The molecule has 2 saturated carbocycles. The van der Waals surface area contributed by atoms with Crippen LogP contribution >= 0.6 is 11.6 Å². The van der Waals surface area contributed by atoms with Gasteiger partial charge in [-0.15, -0.1) is 0 Å². The van der Waals surface area contributed by atoms with Crippen LogP contribution in [0.3, 0.4) is 0 Å². The summed E-state index contributed by atoms with van der Waals surface area (Å²) in [6, 6.07) is 13.6. The number of rotatable bonds is 2. The molecule has 0 unspecified atom stereocenters. The Hall–Kier alpha value is -2.07. The third kappa shape index (κ3) is 2.27. The van der Waals surface area contributed by atoms with Gasteiger partial charge in [-0.2, -0.15) is 0 Å². The van der Waals surface area contributed by atoms with Crippen LogP contribution < -0.4 is 5.32 Å². The summed E-state index contributed by atoms with van der Waals surface area (Å²) in [5.41, 5.74) is 3.61. The van der Waals surface area contributed by atoms with Crippen molar-refractivity contribution in [1.82, 2.24) is 0 Å². The zero-order valence-electron chi connectivity index (χ0n) is 13.7. The zero-order valence-corrected chi connectivity index (χ0v) is 14.4. The Morgan fingerprint density at radius 2 is 1.96 bits per heavy atom. The molecule has 128 valence electrons. The van der Waals surface area contributed by atoms with Crippen molar-refractivity contribution in [3.63, 3.8) is 0 Å². The highest BCUT2D eigenvalue weighted by Crippen LogP contribution is 2.63. The SMILES string of the molecule is O=[N+]([O-])c1ccc2c(c1)[C@@H]1[C@H]3CC[C@@H](C3)[C@H]1[C@H](c1cccc(Cl)c1)N2. The number of hydrogen-bond acceptors (Lipinski definition) is 3. The zero-order chi connectivity index (χ0) is 17.1. The number of anilines is 1. The molecule has 0 aromatic heterocycles. The molecule has 0 radical (unpaired) electrons. The van der Waals surface area contributed by atoms with Gasteiger partial charge in [0, 0.05) is 22.8 Å². The van der Waals surface area contributed by atoms with Crippen LogP contribution in [0.4, 0.5) is 11.4 Å². The van der Waals surface area contributed by atoms with E-state index in [0.29, 0.717) is 23.7 Å². The molecule has 5 atom stereocenters. The maximum atomic E-state index is 11.2. The Kier molecular flexibility index (Phi) is 3.32. The number of nitrogens with zero attached hydrogens (tertiary/aromatic N) is 1. The molecule has 2 bridgehead atoms. The summed E-state index contributed by atoms with van der Waals surface area (Å²) < 4.78 is 0. The lowest BCUT2D eigenvalue weighted by molar-refractivity contribution is -0.384. The summed E-state index contributed by atoms with van der Waals surface area (Å²) in [5, 5.41) is 15.7. The predicted molar refractivity (Wildman–Crippen MR) is 98.0 cm³/mol. The first-order valence-electron chi connectivity index (χ1n) is 8.92. The minimum atomic E-state index is -0.286. The topological polar surface area (TPSA) is 55.2 Å². The van der Waals surface area contributed by atoms with Crippen LogP contribution in [0.25, 0.3) is 0 Å². The van der Waals surface area contributed by atoms with Gasteiger partial charge >= 0.3 is 0 Å². The first-order chi connectivity index (χ1) is 12.1. The molecular formula is C20H19ClN2O2. The molecule has 2 fully saturated rings. The van der Waals surface area contributed by atoms with Crippen molar-refractivity contribution < 1.29 is 4.92 Å². The monoisotopic (exact) mass is 354 g/mol. The second kappa shape index (κ2) is 5.46. The molecule has 3 aliphatic rings. The Morgan fingerprint density at radius 1 is 1.12 bits per heavy atom. The lowest BCUT2D eigenvalue weighted by Crippen LogP contribution is -2.35. The number of benzene rings is 2. The van der Waals surface area contributed by atoms with E-state index in [0.717, 1.165) is 16.3 Å². The second-order valence-corrected chi connectivity index (χ2v) is 8.08. The maximum absolute atomic E-state index is 11.2. The molecule has 0 saturated heterocycles. The smallest absolute Gasteiger partial charge is 0.269 e. The van der Waals surface area contributed by atoms with E-state index in [1.54, 1.807) is 12.1 Å². The van der Waals surface area contributed by atoms with Gasteiger partial charge in [-0.1, -0.05) is 23.7 Å². The van der Waals surface area contributed by atoms with E-state index in [4.69, 9.17) is 11.6 Å². The number of nitro benzene ring substituents is 1. The summed E-state index contributed by atoms with van der Waals surface area (Å²) in [4.78, 5) is 10.9. The fourth-order valence-electron chi connectivity index (χ4n) is 5.62. The van der Waals surface area contributed by atoms with E-state index in [-0.39, 0.29) is 16.7 Å². The average molecular weight is 355 g/mol. The van der Waals surface area contributed by atoms with Crippen molar-refractivity contribution in [3.05, 3.63) is 68.7 Å². The summed E-state index contributed by atoms with van der Waals surface area (Å²) in [6.07, 6.45) is 3.77. The van der Waals surface area contributed by atoms with Crippen LogP contribution in [0.2, 0.25) is 5.02 Å². The van der Waals surface area contributed by atoms with Crippen molar-refractivity contribution in [2.75, 3.05) is 5.32 Å². The molecule has 2 aliphatic carbocycles. The van der Waals surface area contributed by atoms with Crippen LogP contribution in [-0.2, 0) is 0 Å². The van der Waals surface area contributed by atoms with E-state index >= 15 is 0 Å². The molecule has 0 amide bonds. The summed E-state index contributed by atoms with van der Waals surface area (Å²) in [6.45, 7) is 0. The van der Waals surface area contributed by atoms with Gasteiger partial charge in [0.25, 0.3) is 5.69 Å². The molecule has 2 aromatic rings. The van der Waals surface area contributed by atoms with E-state index in [9.17, 15) is 10.1 Å². The first-order valence-corrected chi connectivity index (χ1v) is 9.30. The van der Waals surface area contributed by atoms with Gasteiger partial charge in [0.2, 0.25) is 0 Å². The number of halogens is 1. The molecule has 4 nitrogen and oxygen atoms in total. The molecule has 1 heterocycles. The van der Waals surface area contributed by atoms with Crippen LogP contribution in [0.15, 0.2) is 42.5 Å². The minimum Gasteiger partial charge on any atom is -0.378 e. The Balaban J connectivity index is 1.64. The highest BCUT2D eigenvalue weighted by Gasteiger charge is 2.54. The lowest BCUT2D eigenvalue weighted by atomic mass is 9.68. The molecule has 0 spiro atoms. The summed E-state index contributed by atoms with van der Waals surface area (Å²) >= 11 is 6.24. The highest BCUT2D eigenvalue weighted by atomic mass is 35.5. The van der Waals surface area contributed by atoms with Gasteiger partial charge in [-0.25, -0.2) is 0 Å². The molecule has 25 heavy (non-hydrogen) atoms. The van der Waals surface area contributed by atoms with Gasteiger partial charge in [0.05, 0.1) is 11.0 Å². The first kappa shape index (κ1) is 15.2. The van der Waals surface area contributed by atoms with Crippen LogP contribution in [0.5, 0.6) is 0 Å². The van der Waals surface area contributed by atoms with E-state index in [2.05, 4.69) is 17.4 Å². The van der Waals surface area contributed by atoms with Gasteiger partial charge < -0.3 is 5.32 Å². The number of nitro groups is 1. The minimum absolute atomic E-state index is 0.197. The Morgan fingerprint density at radius 3 is 2.76 bits per heavy atom. The van der Waals surface area contributed by atoms with Gasteiger partial charge in [0.15, 0.2) is 0 Å². The van der Waals surface area contributed by atoms with E-state index < -0.39 is 0 Å². The molecule has 1 N–H and O–H groups in total. The fourth-order valence-corrected chi connectivity index (χ4v) is 5.82. The normalized spacial score (nSPS) is 32.0. The van der Waals surface area contributed by atoms with Gasteiger partial charge in [-0.3, -0.25) is 10.1 Å². The molecule has 2 aromatic carbocycles. The van der Waals surface area contributed by atoms with Crippen LogP contribution in [-0.4, -0.2) is 4.92 Å². The predicted octanol–water partition coefficient (Wildman–Crippen LogP) is 5.54. The standard InChI is InChI=1S/C20H19ClN2O2/c21-14-3-1-2-13(9-14)20-19-12-5-4-11(8-12)18(19)16-10-15(23(24)25)6-7-17(16)22-20/h1-3,6-7,9-12,18-20,22H,4-5,8H2/t11-,12-,18-,19+,20-/m0/s1. The largest absolute Gasteiger partial charge is 0.378 e. The maximum Gasteiger partial charge on any atom is 0.269 e. The van der Waals surface area contributed by atoms with Crippen molar-refractivity contribution in [2.45, 2.75) is 31.2 Å². The third-order valence-corrected chi connectivity index (χ3v) is 6.72. The van der Waals surface area contributed by atoms with E-state index in [1.165, 1.54) is 24.8 Å². The lowest BCUT2D eigenvalue weighted by Gasteiger charge is -2.43. The number of non-ortho nitro benzene ring substituents is 1. The van der Waals surface area contributed by atoms with E-state index in [1.807, 2.05) is 18.2 Å². The third-order valence-electron chi connectivity index (χ3n) is 6.49. The molecular weight excluding hydrogens is 336 g/mol. The molecule has 5 heteroatoms. The second-order valence-electron chi connectivity index (χ2n) is 7.64. The van der Waals surface area contributed by atoms with Crippen molar-refractivity contribution in [3.8, 4) is 0 Å². The quantitative estimate of drug-likeness (QED) is 0.568. The van der Waals surface area contributed by atoms with Crippen LogP contribution in [0.1, 0.15) is 42.3 Å². The summed E-state index contributed by atoms with van der Waals surface area (Å²) in [7, 11) is 0. The Bertz CT molecular complexity index is 869. The number of nitrogens with one attached hydrogen (secondary N) is 1. The Labute approximate surface area is 151 Å². The van der Waals surface area contributed by atoms with Crippen molar-refractivity contribution >= 4 is 23.0 Å². The fraction of sp³-hybridized carbons (Fsp3) is 0.400. The van der Waals surface area contributed by atoms with Crippen molar-refractivity contribution in [1.29, 1.82) is 0 Å². The average Bonchev–Trinajstić information content (AvgIpc) is 3.22. The van der Waals surface area contributed by atoms with Crippen molar-refractivity contribution in [2.24, 2.45) is 17.8 Å². The highest BCUT2D eigenvalue weighted by molar-refractivity contribution is 6.30. The van der Waals surface area contributed by atoms with Gasteiger partial charge in [-0.05, 0) is 72.3 Å². The summed E-state index contributed by atoms with van der Waals surface area (Å²) in [5.74, 6) is 2.25. The van der Waals surface area contributed by atoms with Gasteiger partial charge in [0.1, 0.15) is 0 Å². The van der Waals surface area contributed by atoms with Crippen LogP contribution in [0, 0.1) is 27.9 Å². The molecule has 1 aliphatic heterocycles. The number of hydrogen-bond donors (Lipinski definition) is 1.